The number of ether oxygens (including phenoxy) is 3. The molecule has 6 atom stereocenters. The maximum absolute atomic E-state index is 15.8. The number of aliphatic hydroxyl groups is 1. The molecule has 5 rings (SSSR count). The van der Waals surface area contributed by atoms with E-state index in [0.29, 0.717) is 17.0 Å². The Morgan fingerprint density at radius 2 is 2.08 bits per heavy atom. The van der Waals surface area contributed by atoms with Crippen LogP contribution < -0.4 is 19.1 Å². The molecule has 1 N–H and O–H groups in total. The summed E-state index contributed by atoms with van der Waals surface area (Å²) in [6.07, 6.45) is -1.03. The first-order valence-corrected chi connectivity index (χ1v) is 12.9. The lowest BCUT2D eigenvalue weighted by atomic mass is 9.98. The zero-order valence-corrected chi connectivity index (χ0v) is 21.7. The van der Waals surface area contributed by atoms with Crippen molar-refractivity contribution in [2.24, 2.45) is 4.74 Å². The Bertz CT molecular complexity index is 1370. The second kappa shape index (κ2) is 10.4. The van der Waals surface area contributed by atoms with Gasteiger partial charge in [-0.3, -0.25) is 9.09 Å². The number of aromatic nitrogens is 4. The quantitative estimate of drug-likeness (QED) is 0.235. The second-order valence-corrected chi connectivity index (χ2v) is 9.92. The first-order valence-electron chi connectivity index (χ1n) is 11.8. The molecule has 2 fully saturated rings. The molecule has 0 saturated carbocycles. The van der Waals surface area contributed by atoms with E-state index in [-0.39, 0.29) is 18.1 Å². The van der Waals surface area contributed by atoms with Crippen molar-refractivity contribution in [3.8, 4) is 11.5 Å². The highest BCUT2D eigenvalue weighted by molar-refractivity contribution is 7.34. The van der Waals surface area contributed by atoms with E-state index in [1.807, 2.05) is 4.90 Å². The number of aliphatic hydroxyl groups excluding tert-OH is 1. The number of hydrogen-bond donors (Lipinski definition) is 1. The summed E-state index contributed by atoms with van der Waals surface area (Å²) < 4.78 is 42.6. The van der Waals surface area contributed by atoms with Crippen LogP contribution in [0.1, 0.15) is 20.1 Å². The summed E-state index contributed by atoms with van der Waals surface area (Å²) in [5.74, 6) is 0.258. The number of hydrogen-bond acceptors (Lipinski definition) is 12. The van der Waals surface area contributed by atoms with Crippen molar-refractivity contribution in [2.45, 2.75) is 44.0 Å². The molecule has 0 amide bonds. The predicted octanol–water partition coefficient (Wildman–Crippen LogP) is 1.51. The van der Waals surface area contributed by atoms with E-state index in [2.05, 4.69) is 24.4 Å². The van der Waals surface area contributed by atoms with Gasteiger partial charge in [0.2, 0.25) is 5.75 Å². The van der Waals surface area contributed by atoms with Crippen LogP contribution in [-0.2, 0) is 14.3 Å². The van der Waals surface area contributed by atoms with Crippen LogP contribution in [-0.4, -0.2) is 81.3 Å². The van der Waals surface area contributed by atoms with Gasteiger partial charge in [-0.15, -0.1) is 0 Å². The lowest BCUT2D eigenvalue weighted by Crippen LogP contribution is -2.41. The van der Waals surface area contributed by atoms with Gasteiger partial charge in [-0.1, -0.05) is 16.9 Å². The average molecular weight is 548 g/mol. The number of nitrogens with zero attached hydrogens (tertiary/aromatic N) is 6. The van der Waals surface area contributed by atoms with E-state index in [1.54, 1.807) is 18.2 Å². The Morgan fingerprint density at radius 1 is 1.34 bits per heavy atom. The minimum atomic E-state index is -2.62. The Kier molecular flexibility index (Phi) is 7.14. The highest BCUT2D eigenvalue weighted by Gasteiger charge is 2.55. The first kappa shape index (κ1) is 26.2. The maximum Gasteiger partial charge on any atom is 0.395 e. The van der Waals surface area contributed by atoms with Crippen LogP contribution in [0, 0.1) is 0 Å². The fraction of sp³-hybridized carbons (Fsp3) is 0.478. The van der Waals surface area contributed by atoms with Crippen molar-refractivity contribution in [1.29, 1.82) is 0 Å². The highest BCUT2D eigenvalue weighted by atomic mass is 31.1. The van der Waals surface area contributed by atoms with E-state index in [1.165, 1.54) is 44.2 Å². The van der Waals surface area contributed by atoms with Gasteiger partial charge >= 0.3 is 14.1 Å². The molecule has 38 heavy (non-hydrogen) atoms. The number of carbonyl (C=O) groups excluding carboxylic acids is 1. The Morgan fingerprint density at radius 3 is 2.79 bits per heavy atom. The second-order valence-electron chi connectivity index (χ2n) is 9.03. The number of benzene rings is 1. The fourth-order valence-corrected chi connectivity index (χ4v) is 4.88. The molecule has 1 aromatic carbocycles. The number of imidazole rings is 1. The summed E-state index contributed by atoms with van der Waals surface area (Å²) in [5.41, 5.74) is -1.29. The number of fused-ring (bicyclic) bond motifs is 1. The number of alkyl halides is 1. The van der Waals surface area contributed by atoms with Crippen molar-refractivity contribution in [2.75, 3.05) is 31.7 Å². The monoisotopic (exact) mass is 548 g/mol. The van der Waals surface area contributed by atoms with Crippen LogP contribution in [0.2, 0.25) is 0 Å². The molecule has 2 aliphatic heterocycles. The number of carbonyl (C=O) groups is 1. The standard InChI is InChI=1S/C23H26FN6O7P/c1-13(21(32)34-3)28-38(33)37-15-7-5-4-6-14(15)35-10-16-18(31)23(2,24)22(36-16)30-12-27-17-19(29-8-9-29)25-11-26-20(17)30/h4-7,11-13,16,18,22,31H,8-10H2,1-3H3/t13-,16+,18+,22?,23+/m0/s1. The third kappa shape index (κ3) is 4.99. The summed E-state index contributed by atoms with van der Waals surface area (Å²) in [5, 5.41) is 10.8. The normalized spacial score (nSPS) is 25.9. The Balaban J connectivity index is 1.31. The number of para-hydroxylation sites is 2. The topological polar surface area (TPSA) is 156 Å². The summed E-state index contributed by atoms with van der Waals surface area (Å²) in [6.45, 7) is 4.14. The highest BCUT2D eigenvalue weighted by Crippen LogP contribution is 2.43. The molecule has 0 radical (unpaired) electrons. The van der Waals surface area contributed by atoms with Crippen LogP contribution in [0.5, 0.6) is 11.5 Å². The van der Waals surface area contributed by atoms with E-state index < -0.39 is 44.3 Å². The molecule has 2 aromatic heterocycles. The van der Waals surface area contributed by atoms with Gasteiger partial charge in [0.15, 0.2) is 40.7 Å². The van der Waals surface area contributed by atoms with Crippen LogP contribution in [0.4, 0.5) is 10.2 Å². The molecular formula is C23H26FN6O7P. The van der Waals surface area contributed by atoms with Gasteiger partial charge in [-0.25, -0.2) is 24.1 Å². The minimum absolute atomic E-state index is 0.0846. The number of methoxy groups -OCH3 is 1. The van der Waals surface area contributed by atoms with Gasteiger partial charge in [0.05, 0.1) is 13.4 Å². The average Bonchev–Trinajstić information content (AvgIpc) is 3.62. The van der Waals surface area contributed by atoms with Crippen molar-refractivity contribution in [3.63, 3.8) is 0 Å². The van der Waals surface area contributed by atoms with Crippen molar-refractivity contribution >= 4 is 31.1 Å². The summed E-state index contributed by atoms with van der Waals surface area (Å²) in [7, 11) is -1.42. The molecule has 3 aromatic rings. The number of rotatable bonds is 9. The number of halogens is 1. The minimum Gasteiger partial charge on any atom is -0.575 e. The molecule has 2 saturated heterocycles. The SMILES string of the molecule is COC(=O)[C@H](C)N=[P+]([O-])Oc1ccccc1OC[C@H]1OC(n2cnc3c(N4CC4)ncnc32)[C@](C)(F)[C@@H]1O. The molecule has 2 aliphatic rings. The van der Waals surface area contributed by atoms with Gasteiger partial charge in [0.1, 0.15) is 25.1 Å². The van der Waals surface area contributed by atoms with Gasteiger partial charge < -0.3 is 29.1 Å². The van der Waals surface area contributed by atoms with Crippen molar-refractivity contribution in [3.05, 3.63) is 36.9 Å². The maximum atomic E-state index is 15.8. The molecule has 13 nitrogen and oxygen atoms in total. The van der Waals surface area contributed by atoms with Crippen LogP contribution >= 0.6 is 8.17 Å². The molecule has 4 heterocycles. The van der Waals surface area contributed by atoms with Gasteiger partial charge in [-0.2, -0.15) is 0 Å². The summed E-state index contributed by atoms with van der Waals surface area (Å²) in [6, 6.07) is 5.34. The fourth-order valence-electron chi connectivity index (χ4n) is 4.14. The third-order valence-electron chi connectivity index (χ3n) is 6.29. The third-order valence-corrected chi connectivity index (χ3v) is 7.18. The zero-order chi connectivity index (χ0) is 27.0. The van der Waals surface area contributed by atoms with Gasteiger partial charge in [-0.05, 0) is 26.0 Å². The zero-order valence-electron chi connectivity index (χ0n) is 20.8. The van der Waals surface area contributed by atoms with Crippen LogP contribution in [0.3, 0.4) is 0 Å². The lowest BCUT2D eigenvalue weighted by Gasteiger charge is -2.24. The van der Waals surface area contributed by atoms with E-state index in [4.69, 9.17) is 14.0 Å². The predicted molar refractivity (Wildman–Crippen MR) is 130 cm³/mol. The largest absolute Gasteiger partial charge is 0.575 e. The molecule has 202 valence electrons. The molecule has 15 heteroatoms. The van der Waals surface area contributed by atoms with E-state index >= 15 is 4.39 Å². The Hall–Kier alpha value is -3.45. The molecular weight excluding hydrogens is 522 g/mol. The van der Waals surface area contributed by atoms with Crippen LogP contribution in [0.25, 0.3) is 11.2 Å². The molecule has 0 bridgehead atoms. The Labute approximate surface area is 217 Å². The van der Waals surface area contributed by atoms with E-state index in [0.717, 1.165) is 13.1 Å². The van der Waals surface area contributed by atoms with E-state index in [9.17, 15) is 14.8 Å². The van der Waals surface area contributed by atoms with Crippen molar-refractivity contribution in [1.82, 2.24) is 19.5 Å². The number of esters is 1. The summed E-state index contributed by atoms with van der Waals surface area (Å²) in [4.78, 5) is 38.7. The molecule has 0 aliphatic carbocycles. The molecule has 0 spiro atoms. The number of anilines is 1. The van der Waals surface area contributed by atoms with Crippen molar-refractivity contribution < 1.29 is 37.9 Å². The molecule has 2 unspecified atom stereocenters. The smallest absolute Gasteiger partial charge is 0.395 e. The first-order chi connectivity index (χ1) is 18.2. The van der Waals surface area contributed by atoms with Gasteiger partial charge in [0.25, 0.3) is 0 Å². The van der Waals surface area contributed by atoms with Gasteiger partial charge in [0, 0.05) is 13.1 Å². The summed E-state index contributed by atoms with van der Waals surface area (Å²) >= 11 is 0. The lowest BCUT2D eigenvalue weighted by molar-refractivity contribution is -0.169. The van der Waals surface area contributed by atoms with Crippen LogP contribution in [0.15, 0.2) is 41.7 Å².